The SMILES string of the molecule is O=C(c1ccccc1Br)N1CCSC(c2cccs2)CC1. The topological polar surface area (TPSA) is 20.3 Å². The molecule has 1 aliphatic rings. The van der Waals surface area contributed by atoms with E-state index >= 15 is 0 Å². The summed E-state index contributed by atoms with van der Waals surface area (Å²) in [6, 6.07) is 12.0. The molecule has 5 heteroatoms. The number of amides is 1. The number of rotatable bonds is 2. The second kappa shape index (κ2) is 6.99. The highest BCUT2D eigenvalue weighted by atomic mass is 79.9. The van der Waals surface area contributed by atoms with Crippen molar-refractivity contribution < 1.29 is 4.79 Å². The molecule has 2 aromatic rings. The first-order valence-corrected chi connectivity index (χ1v) is 9.66. The van der Waals surface area contributed by atoms with Crippen LogP contribution in [-0.2, 0) is 0 Å². The van der Waals surface area contributed by atoms with Crippen LogP contribution < -0.4 is 0 Å². The molecular formula is C16H16BrNOS2. The molecule has 1 aromatic heterocycles. The molecule has 0 N–H and O–H groups in total. The Labute approximate surface area is 141 Å². The first-order valence-electron chi connectivity index (χ1n) is 6.94. The Morgan fingerprint density at radius 2 is 2.05 bits per heavy atom. The van der Waals surface area contributed by atoms with Crippen LogP contribution in [0, 0.1) is 0 Å². The van der Waals surface area contributed by atoms with Gasteiger partial charge in [-0.1, -0.05) is 18.2 Å². The summed E-state index contributed by atoms with van der Waals surface area (Å²) in [5.41, 5.74) is 0.761. The molecule has 21 heavy (non-hydrogen) atoms. The Morgan fingerprint density at radius 3 is 2.81 bits per heavy atom. The predicted molar refractivity (Wildman–Crippen MR) is 94.2 cm³/mol. The van der Waals surface area contributed by atoms with E-state index in [1.807, 2.05) is 52.3 Å². The van der Waals surface area contributed by atoms with Crippen molar-refractivity contribution in [2.75, 3.05) is 18.8 Å². The Hall–Kier alpha value is -0.780. The zero-order valence-corrected chi connectivity index (χ0v) is 14.7. The number of thiophene rings is 1. The highest BCUT2D eigenvalue weighted by Crippen LogP contribution is 2.37. The van der Waals surface area contributed by atoms with E-state index in [1.165, 1.54) is 4.88 Å². The molecule has 2 heterocycles. The number of hydrogen-bond donors (Lipinski definition) is 0. The van der Waals surface area contributed by atoms with Gasteiger partial charge in [0.15, 0.2) is 0 Å². The third-order valence-corrected chi connectivity index (χ3v) is 6.73. The Morgan fingerprint density at radius 1 is 1.19 bits per heavy atom. The number of hydrogen-bond acceptors (Lipinski definition) is 3. The van der Waals surface area contributed by atoms with Crippen LogP contribution in [0.1, 0.15) is 26.9 Å². The van der Waals surface area contributed by atoms with E-state index in [9.17, 15) is 4.79 Å². The summed E-state index contributed by atoms with van der Waals surface area (Å²) < 4.78 is 0.877. The van der Waals surface area contributed by atoms with Gasteiger partial charge in [0.1, 0.15) is 0 Å². The van der Waals surface area contributed by atoms with Crippen LogP contribution in [0.3, 0.4) is 0 Å². The summed E-state index contributed by atoms with van der Waals surface area (Å²) in [5, 5.41) is 2.66. The van der Waals surface area contributed by atoms with E-state index in [1.54, 1.807) is 0 Å². The van der Waals surface area contributed by atoms with Crippen LogP contribution in [0.4, 0.5) is 0 Å². The third kappa shape index (κ3) is 3.52. The van der Waals surface area contributed by atoms with Crippen LogP contribution >= 0.6 is 39.0 Å². The second-order valence-corrected chi connectivity index (χ2v) is 8.08. The molecule has 0 aliphatic carbocycles. The largest absolute Gasteiger partial charge is 0.338 e. The quantitative estimate of drug-likeness (QED) is 0.742. The minimum atomic E-state index is 0.134. The molecule has 1 fully saturated rings. The van der Waals surface area contributed by atoms with Crippen molar-refractivity contribution in [3.63, 3.8) is 0 Å². The molecular weight excluding hydrogens is 366 g/mol. The molecule has 110 valence electrons. The lowest BCUT2D eigenvalue weighted by atomic mass is 10.2. The Kier molecular flexibility index (Phi) is 5.03. The monoisotopic (exact) mass is 381 g/mol. The summed E-state index contributed by atoms with van der Waals surface area (Å²) in [4.78, 5) is 16.1. The van der Waals surface area contributed by atoms with Crippen molar-refractivity contribution in [2.24, 2.45) is 0 Å². The van der Waals surface area contributed by atoms with Gasteiger partial charge in [-0.3, -0.25) is 4.79 Å². The minimum Gasteiger partial charge on any atom is -0.338 e. The highest BCUT2D eigenvalue weighted by molar-refractivity contribution is 9.10. The third-order valence-electron chi connectivity index (χ3n) is 3.59. The molecule has 1 aliphatic heterocycles. The van der Waals surface area contributed by atoms with Crippen molar-refractivity contribution in [2.45, 2.75) is 11.7 Å². The summed E-state index contributed by atoms with van der Waals surface area (Å²) in [5.74, 6) is 1.13. The number of benzene rings is 1. The molecule has 1 atom stereocenters. The zero-order chi connectivity index (χ0) is 14.7. The lowest BCUT2D eigenvalue weighted by molar-refractivity contribution is 0.0766. The standard InChI is InChI=1S/C16H16BrNOS2/c17-13-5-2-1-4-12(13)16(19)18-8-7-15(21-11-9-18)14-6-3-10-20-14/h1-6,10,15H,7-9,11H2. The Bertz CT molecular complexity index is 614. The number of thioether (sulfide) groups is 1. The van der Waals surface area contributed by atoms with Gasteiger partial charge in [-0.2, -0.15) is 11.8 Å². The average Bonchev–Trinajstić information content (AvgIpc) is 2.92. The van der Waals surface area contributed by atoms with E-state index in [0.717, 1.165) is 35.3 Å². The van der Waals surface area contributed by atoms with Gasteiger partial charge in [-0.25, -0.2) is 0 Å². The van der Waals surface area contributed by atoms with Gasteiger partial charge in [0.2, 0.25) is 0 Å². The van der Waals surface area contributed by atoms with Gasteiger partial charge in [0, 0.05) is 33.4 Å². The molecule has 1 saturated heterocycles. The average molecular weight is 382 g/mol. The van der Waals surface area contributed by atoms with Gasteiger partial charge in [0.25, 0.3) is 5.91 Å². The van der Waals surface area contributed by atoms with Gasteiger partial charge in [-0.05, 0) is 45.9 Å². The van der Waals surface area contributed by atoms with Crippen molar-refractivity contribution in [3.05, 3.63) is 56.7 Å². The van der Waals surface area contributed by atoms with Crippen molar-refractivity contribution in [3.8, 4) is 0 Å². The van der Waals surface area contributed by atoms with Crippen LogP contribution in [0.15, 0.2) is 46.3 Å². The summed E-state index contributed by atoms with van der Waals surface area (Å²) in [6.07, 6.45) is 1.03. The fraction of sp³-hybridized carbons (Fsp3) is 0.312. The van der Waals surface area contributed by atoms with E-state index in [0.29, 0.717) is 5.25 Å². The molecule has 0 saturated carbocycles. The fourth-order valence-corrected chi connectivity index (χ4v) is 5.17. The summed E-state index contributed by atoms with van der Waals surface area (Å²) in [7, 11) is 0. The second-order valence-electron chi connectivity index (χ2n) is 4.94. The van der Waals surface area contributed by atoms with E-state index in [2.05, 4.69) is 33.4 Å². The zero-order valence-electron chi connectivity index (χ0n) is 11.5. The number of nitrogens with zero attached hydrogens (tertiary/aromatic N) is 1. The minimum absolute atomic E-state index is 0.134. The molecule has 1 unspecified atom stereocenters. The molecule has 2 nitrogen and oxygen atoms in total. The van der Waals surface area contributed by atoms with Crippen LogP contribution in [0.2, 0.25) is 0 Å². The van der Waals surface area contributed by atoms with Crippen LogP contribution in [0.25, 0.3) is 0 Å². The Balaban J connectivity index is 1.70. The maximum atomic E-state index is 12.7. The predicted octanol–water partition coefficient (Wildman–Crippen LogP) is 4.83. The summed E-state index contributed by atoms with van der Waals surface area (Å²) in [6.45, 7) is 1.66. The van der Waals surface area contributed by atoms with E-state index in [-0.39, 0.29) is 5.91 Å². The van der Waals surface area contributed by atoms with Crippen LogP contribution in [-0.4, -0.2) is 29.6 Å². The summed E-state index contributed by atoms with van der Waals surface area (Å²) >= 11 is 7.26. The lowest BCUT2D eigenvalue weighted by Crippen LogP contribution is -2.33. The van der Waals surface area contributed by atoms with Gasteiger partial charge >= 0.3 is 0 Å². The molecule has 3 rings (SSSR count). The number of halogens is 1. The molecule has 1 aromatic carbocycles. The smallest absolute Gasteiger partial charge is 0.255 e. The number of carbonyl (C=O) groups is 1. The van der Waals surface area contributed by atoms with Crippen molar-refractivity contribution in [1.29, 1.82) is 0 Å². The first kappa shape index (κ1) is 15.1. The van der Waals surface area contributed by atoms with Crippen molar-refractivity contribution in [1.82, 2.24) is 4.90 Å². The molecule has 0 radical (unpaired) electrons. The van der Waals surface area contributed by atoms with Gasteiger partial charge in [0.05, 0.1) is 5.56 Å². The van der Waals surface area contributed by atoms with E-state index in [4.69, 9.17) is 0 Å². The first-order chi connectivity index (χ1) is 10.3. The van der Waals surface area contributed by atoms with Crippen LogP contribution in [0.5, 0.6) is 0 Å². The fourth-order valence-electron chi connectivity index (χ4n) is 2.48. The molecule has 0 bridgehead atoms. The molecule has 0 spiro atoms. The lowest BCUT2D eigenvalue weighted by Gasteiger charge is -2.20. The number of carbonyl (C=O) groups excluding carboxylic acids is 1. The highest BCUT2D eigenvalue weighted by Gasteiger charge is 2.24. The normalized spacial score (nSPS) is 19.3. The van der Waals surface area contributed by atoms with Gasteiger partial charge in [-0.15, -0.1) is 11.3 Å². The maximum Gasteiger partial charge on any atom is 0.255 e. The van der Waals surface area contributed by atoms with E-state index < -0.39 is 0 Å². The maximum absolute atomic E-state index is 12.7. The van der Waals surface area contributed by atoms with Gasteiger partial charge < -0.3 is 4.90 Å². The molecule has 1 amide bonds. The van der Waals surface area contributed by atoms with Crippen molar-refractivity contribution >= 4 is 44.9 Å².